The second kappa shape index (κ2) is 11.1. The molecule has 0 unspecified atom stereocenters. The fourth-order valence-electron chi connectivity index (χ4n) is 5.40. The molecular weight excluding hydrogens is 554 g/mol. The number of fused-ring (bicyclic) bond motifs is 1. The molecule has 0 fully saturated rings. The van der Waals surface area contributed by atoms with E-state index in [-0.39, 0.29) is 11.5 Å². The minimum absolute atomic E-state index is 0.193. The predicted molar refractivity (Wildman–Crippen MR) is 176 cm³/mol. The van der Waals surface area contributed by atoms with Crippen molar-refractivity contribution in [2.45, 2.75) is 6.92 Å². The van der Waals surface area contributed by atoms with Crippen LogP contribution >= 0.6 is 11.3 Å². The lowest BCUT2D eigenvalue weighted by molar-refractivity contribution is -0.112. The number of carbonyl (C=O) groups is 1. The standard InChI is InChI=1S/C35H27N5O2S/c1-2-38-28-21-13-12-14-24(28)22-23-29(38)31-34(42)39(26-17-8-4-9-18-26)35(43-31)30-32(36-25-15-6-3-7-16-25)37-40(33(30)41)27-19-10-5-11-20-27/h3-23H,2H2,1H3,(H,36,37)/b31-29+,35-30+. The van der Waals surface area contributed by atoms with Gasteiger partial charge in [-0.15, -0.1) is 16.4 Å². The molecule has 0 radical (unpaired) electrons. The van der Waals surface area contributed by atoms with Crippen molar-refractivity contribution >= 4 is 57.5 Å². The Bertz CT molecular complexity index is 2080. The van der Waals surface area contributed by atoms with Crippen molar-refractivity contribution in [1.29, 1.82) is 0 Å². The largest absolute Gasteiger partial charge is 0.340 e. The van der Waals surface area contributed by atoms with Gasteiger partial charge >= 0.3 is 0 Å². The molecule has 2 aliphatic rings. The topological polar surface area (TPSA) is 69.9 Å². The Balaban J connectivity index is 1.54. The fraction of sp³-hybridized carbons (Fsp3) is 0.0571. The zero-order valence-corrected chi connectivity index (χ0v) is 24.2. The summed E-state index contributed by atoms with van der Waals surface area (Å²) in [4.78, 5) is 30.9. The van der Waals surface area contributed by atoms with E-state index in [1.165, 1.54) is 16.3 Å². The smallest absolute Gasteiger partial charge is 0.285 e. The highest BCUT2D eigenvalue weighted by molar-refractivity contribution is 7.08. The van der Waals surface area contributed by atoms with Crippen LogP contribution in [0.1, 0.15) is 12.5 Å². The molecule has 0 saturated carbocycles. The molecule has 1 aromatic heterocycles. The lowest BCUT2D eigenvalue weighted by Crippen LogP contribution is -2.37. The molecule has 2 aliphatic heterocycles. The number of thiazole rings is 1. The van der Waals surface area contributed by atoms with Gasteiger partial charge in [-0.25, -0.2) is 0 Å². The zero-order chi connectivity index (χ0) is 29.3. The lowest BCUT2D eigenvalue weighted by Gasteiger charge is -2.28. The molecule has 7 nitrogen and oxygen atoms in total. The highest BCUT2D eigenvalue weighted by Crippen LogP contribution is 2.31. The van der Waals surface area contributed by atoms with Gasteiger partial charge in [0.1, 0.15) is 14.8 Å². The number of rotatable bonds is 4. The molecule has 4 aromatic carbocycles. The fourth-order valence-corrected chi connectivity index (χ4v) is 6.62. The van der Waals surface area contributed by atoms with E-state index in [1.807, 2.05) is 115 Å². The number of aromatic nitrogens is 1. The van der Waals surface area contributed by atoms with Gasteiger partial charge in [0, 0.05) is 17.9 Å². The van der Waals surface area contributed by atoms with Crippen LogP contribution in [0.5, 0.6) is 0 Å². The van der Waals surface area contributed by atoms with Gasteiger partial charge in [0.2, 0.25) is 0 Å². The van der Waals surface area contributed by atoms with E-state index in [9.17, 15) is 9.59 Å². The number of amides is 1. The Morgan fingerprint density at radius 3 is 2.07 bits per heavy atom. The first kappa shape index (κ1) is 26.4. The van der Waals surface area contributed by atoms with Gasteiger partial charge < -0.3 is 10.2 Å². The van der Waals surface area contributed by atoms with Crippen LogP contribution in [0.25, 0.3) is 23.0 Å². The third-order valence-corrected chi connectivity index (χ3v) is 8.56. The first-order valence-electron chi connectivity index (χ1n) is 14.0. The van der Waals surface area contributed by atoms with Gasteiger partial charge in [-0.1, -0.05) is 78.9 Å². The molecule has 0 aliphatic carbocycles. The number of hydrogen-bond acceptors (Lipinski definition) is 6. The second-order valence-electron chi connectivity index (χ2n) is 10.0. The Kier molecular flexibility index (Phi) is 6.81. The van der Waals surface area contributed by atoms with Crippen molar-refractivity contribution in [2.75, 3.05) is 21.8 Å². The normalized spacial score (nSPS) is 16.8. The summed E-state index contributed by atoms with van der Waals surface area (Å²) in [5.41, 5.74) is 5.15. The van der Waals surface area contributed by atoms with Crippen LogP contribution in [-0.4, -0.2) is 22.9 Å². The molecule has 3 heterocycles. The molecule has 43 heavy (non-hydrogen) atoms. The Morgan fingerprint density at radius 2 is 1.37 bits per heavy atom. The average Bonchev–Trinajstić information content (AvgIpc) is 3.56. The molecule has 0 spiro atoms. The number of nitrogens with zero attached hydrogens (tertiary/aromatic N) is 4. The van der Waals surface area contributed by atoms with Crippen LogP contribution in [0.15, 0.2) is 131 Å². The summed E-state index contributed by atoms with van der Waals surface area (Å²) in [5.74, 6) is 0.0587. The number of benzene rings is 4. The first-order chi connectivity index (χ1) is 21.1. The summed E-state index contributed by atoms with van der Waals surface area (Å²) in [6, 6.07) is 36.5. The quantitative estimate of drug-likeness (QED) is 0.318. The molecule has 5 aromatic rings. The van der Waals surface area contributed by atoms with E-state index < -0.39 is 0 Å². The van der Waals surface area contributed by atoms with Gasteiger partial charge in [0.25, 0.3) is 11.5 Å². The minimum atomic E-state index is -0.316. The Hall–Kier alpha value is -5.47. The highest BCUT2D eigenvalue weighted by Gasteiger charge is 2.34. The molecule has 210 valence electrons. The third-order valence-electron chi connectivity index (χ3n) is 7.40. The van der Waals surface area contributed by atoms with Crippen LogP contribution in [0.3, 0.4) is 0 Å². The number of anilines is 3. The van der Waals surface area contributed by atoms with Crippen molar-refractivity contribution in [3.8, 4) is 5.69 Å². The van der Waals surface area contributed by atoms with Crippen LogP contribution in [0.2, 0.25) is 0 Å². The minimum Gasteiger partial charge on any atom is -0.340 e. The van der Waals surface area contributed by atoms with Crippen molar-refractivity contribution in [2.24, 2.45) is 5.10 Å². The SMILES string of the molecule is CCN1/C(=c2/s/c(=C3/C(=O)N(c4ccccc4)N=C3Nc3ccccc3)n(-c3ccccc3)c2=O)C=Cc2ccccc21. The van der Waals surface area contributed by atoms with Gasteiger partial charge in [0.05, 0.1) is 17.1 Å². The van der Waals surface area contributed by atoms with Crippen molar-refractivity contribution in [3.63, 3.8) is 0 Å². The van der Waals surface area contributed by atoms with Crippen LogP contribution < -0.4 is 30.0 Å². The summed E-state index contributed by atoms with van der Waals surface area (Å²) in [7, 11) is 0. The molecular formula is C35H27N5O2S. The van der Waals surface area contributed by atoms with Crippen LogP contribution in [0, 0.1) is 0 Å². The molecule has 8 heteroatoms. The number of hydrazone groups is 1. The lowest BCUT2D eigenvalue weighted by atomic mass is 10.1. The first-order valence-corrected chi connectivity index (χ1v) is 14.9. The Labute approximate surface area is 252 Å². The predicted octanol–water partition coefficient (Wildman–Crippen LogP) is 5.18. The summed E-state index contributed by atoms with van der Waals surface area (Å²) in [5, 5.41) is 9.49. The Morgan fingerprint density at radius 1 is 0.744 bits per heavy atom. The molecule has 1 N–H and O–H groups in total. The van der Waals surface area contributed by atoms with E-state index in [0.29, 0.717) is 38.5 Å². The summed E-state index contributed by atoms with van der Waals surface area (Å²) < 4.78 is 2.69. The van der Waals surface area contributed by atoms with Crippen LogP contribution in [-0.2, 0) is 4.79 Å². The number of amidine groups is 1. The molecule has 0 bridgehead atoms. The third kappa shape index (κ3) is 4.67. The zero-order valence-electron chi connectivity index (χ0n) is 23.3. The molecule has 1 amide bonds. The molecule has 0 saturated heterocycles. The summed E-state index contributed by atoms with van der Waals surface area (Å²) >= 11 is 1.31. The number of likely N-dealkylation sites (N-methyl/N-ethyl adjacent to an activating group) is 1. The summed E-state index contributed by atoms with van der Waals surface area (Å²) in [6.07, 6.45) is 4.03. The van der Waals surface area contributed by atoms with Crippen LogP contribution in [0.4, 0.5) is 17.1 Å². The number of para-hydroxylation sites is 4. The van der Waals surface area contributed by atoms with E-state index in [4.69, 9.17) is 5.10 Å². The average molecular weight is 582 g/mol. The maximum absolute atomic E-state index is 14.4. The van der Waals surface area contributed by atoms with Gasteiger partial charge in [-0.2, -0.15) is 5.01 Å². The molecule has 0 atom stereocenters. The monoisotopic (exact) mass is 581 g/mol. The van der Waals surface area contributed by atoms with Crippen molar-refractivity contribution in [1.82, 2.24) is 4.57 Å². The van der Waals surface area contributed by atoms with Gasteiger partial charge in [0.15, 0.2) is 5.84 Å². The maximum atomic E-state index is 14.4. The number of carbonyl (C=O) groups excluding carboxylic acids is 1. The van der Waals surface area contributed by atoms with E-state index in [2.05, 4.69) is 29.3 Å². The second-order valence-corrected chi connectivity index (χ2v) is 11.0. The van der Waals surface area contributed by atoms with Crippen molar-refractivity contribution in [3.05, 3.63) is 146 Å². The van der Waals surface area contributed by atoms with E-state index in [0.717, 1.165) is 22.6 Å². The number of nitrogens with one attached hydrogen (secondary N) is 1. The van der Waals surface area contributed by atoms with E-state index in [1.54, 1.807) is 4.57 Å². The maximum Gasteiger partial charge on any atom is 0.285 e. The van der Waals surface area contributed by atoms with E-state index >= 15 is 0 Å². The molecule has 7 rings (SSSR count). The van der Waals surface area contributed by atoms with Crippen molar-refractivity contribution < 1.29 is 4.79 Å². The highest BCUT2D eigenvalue weighted by atomic mass is 32.1. The van der Waals surface area contributed by atoms with Gasteiger partial charge in [-0.3, -0.25) is 14.2 Å². The summed E-state index contributed by atoms with van der Waals surface area (Å²) in [6.45, 7) is 2.75. The van der Waals surface area contributed by atoms with Gasteiger partial charge in [-0.05, 0) is 61.0 Å². The number of hydrogen-bond donors (Lipinski definition) is 1.